The zero-order valence-corrected chi connectivity index (χ0v) is 25.8. The van der Waals surface area contributed by atoms with Crippen LogP contribution in [0.5, 0.6) is 0 Å². The van der Waals surface area contributed by atoms with Crippen molar-refractivity contribution >= 4 is 11.9 Å². The van der Waals surface area contributed by atoms with Gasteiger partial charge in [-0.3, -0.25) is 9.59 Å². The van der Waals surface area contributed by atoms with E-state index in [2.05, 4.69) is 6.92 Å². The molecule has 0 heterocycles. The summed E-state index contributed by atoms with van der Waals surface area (Å²) >= 11 is 0. The van der Waals surface area contributed by atoms with Gasteiger partial charge in [-0.1, -0.05) is 148 Å². The van der Waals surface area contributed by atoms with E-state index < -0.39 is 11.9 Å². The van der Waals surface area contributed by atoms with Crippen molar-refractivity contribution in [3.63, 3.8) is 0 Å². The highest BCUT2D eigenvalue weighted by molar-refractivity contribution is 5.70. The van der Waals surface area contributed by atoms with Crippen LogP contribution in [0.25, 0.3) is 0 Å². The zero-order chi connectivity index (χ0) is 28.8. The maximum absolute atomic E-state index is 12.3. The van der Waals surface area contributed by atoms with Crippen LogP contribution in [0.4, 0.5) is 0 Å². The first-order valence-corrected chi connectivity index (χ1v) is 17.1. The van der Waals surface area contributed by atoms with Crippen LogP contribution in [-0.2, 0) is 9.59 Å². The predicted molar refractivity (Wildman–Crippen MR) is 164 cm³/mol. The molecule has 5 heteroatoms. The maximum atomic E-state index is 12.3. The molecule has 0 aliphatic carbocycles. The van der Waals surface area contributed by atoms with Gasteiger partial charge in [-0.05, 0) is 38.0 Å². The second-order valence-corrected chi connectivity index (χ2v) is 12.1. The number of rotatable bonds is 32. The van der Waals surface area contributed by atoms with Crippen LogP contribution >= 0.6 is 0 Å². The summed E-state index contributed by atoms with van der Waals surface area (Å²) < 4.78 is 0. The largest absolute Gasteiger partial charge is 0.481 e. The molecule has 0 aliphatic heterocycles. The second kappa shape index (κ2) is 29.9. The third kappa shape index (κ3) is 26.9. The molecular weight excluding hydrogens is 488 g/mol. The minimum Gasteiger partial charge on any atom is -0.481 e. The van der Waals surface area contributed by atoms with Crippen molar-refractivity contribution < 1.29 is 24.9 Å². The van der Waals surface area contributed by atoms with Crippen LogP contribution < -0.4 is 0 Å². The Hall–Kier alpha value is -1.10. The van der Waals surface area contributed by atoms with Gasteiger partial charge in [0.05, 0.1) is 5.92 Å². The fraction of sp³-hybridized carbons (Fsp3) is 0.941. The van der Waals surface area contributed by atoms with Crippen molar-refractivity contribution in [1.82, 2.24) is 0 Å². The van der Waals surface area contributed by atoms with Gasteiger partial charge in [0.2, 0.25) is 0 Å². The number of aliphatic hydroxyl groups is 1. The first-order valence-electron chi connectivity index (χ1n) is 17.1. The summed E-state index contributed by atoms with van der Waals surface area (Å²) in [5, 5.41) is 27.7. The second-order valence-electron chi connectivity index (χ2n) is 12.1. The van der Waals surface area contributed by atoms with Crippen molar-refractivity contribution in [2.75, 3.05) is 6.61 Å². The highest BCUT2D eigenvalue weighted by atomic mass is 16.4. The first-order chi connectivity index (χ1) is 19.0. The average Bonchev–Trinajstić information content (AvgIpc) is 2.91. The first kappa shape index (κ1) is 37.9. The summed E-state index contributed by atoms with van der Waals surface area (Å²) in [6.07, 6.45) is 31.5. The van der Waals surface area contributed by atoms with Crippen LogP contribution in [-0.4, -0.2) is 33.9 Å². The number of carbonyl (C=O) groups is 2. The van der Waals surface area contributed by atoms with Gasteiger partial charge < -0.3 is 15.3 Å². The van der Waals surface area contributed by atoms with Gasteiger partial charge in [0.1, 0.15) is 0 Å². The molecule has 5 nitrogen and oxygen atoms in total. The van der Waals surface area contributed by atoms with Gasteiger partial charge in [-0.25, -0.2) is 0 Å². The van der Waals surface area contributed by atoms with Crippen LogP contribution in [0.3, 0.4) is 0 Å². The highest BCUT2D eigenvalue weighted by Gasteiger charge is 2.27. The standard InChI is InChI=1S/C34H66O5/c1-2-3-4-5-12-16-21-26-31(27-22-17-15-19-24-29-33(36)37)32(34(38)39)28-23-18-13-10-8-6-7-9-11-14-20-25-30-35/h31-32,35H,2-30H2,1H3,(H,36,37)(H,38,39). The molecule has 0 bridgehead atoms. The molecule has 0 aromatic heterocycles. The SMILES string of the molecule is CCCCCCCCCC(CCCCCCCC(=O)O)C(CCCCCCCCCCCCCCO)C(=O)O. The van der Waals surface area contributed by atoms with E-state index in [1.807, 2.05) is 0 Å². The monoisotopic (exact) mass is 554 g/mol. The Morgan fingerprint density at radius 1 is 0.487 bits per heavy atom. The third-order valence-electron chi connectivity index (χ3n) is 8.45. The van der Waals surface area contributed by atoms with E-state index in [1.54, 1.807) is 0 Å². The summed E-state index contributed by atoms with van der Waals surface area (Å²) in [7, 11) is 0. The topological polar surface area (TPSA) is 94.8 Å². The molecule has 0 amide bonds. The van der Waals surface area contributed by atoms with Crippen LogP contribution in [0, 0.1) is 11.8 Å². The van der Waals surface area contributed by atoms with Gasteiger partial charge in [-0.15, -0.1) is 0 Å². The molecule has 0 fully saturated rings. The van der Waals surface area contributed by atoms with Crippen LogP contribution in [0.1, 0.15) is 187 Å². The Morgan fingerprint density at radius 2 is 0.846 bits per heavy atom. The van der Waals surface area contributed by atoms with E-state index in [9.17, 15) is 14.7 Å². The summed E-state index contributed by atoms with van der Waals surface area (Å²) in [5.41, 5.74) is 0. The number of carboxylic acid groups (broad SMARTS) is 2. The lowest BCUT2D eigenvalue weighted by molar-refractivity contribution is -0.144. The molecular formula is C34H66O5. The van der Waals surface area contributed by atoms with E-state index in [-0.39, 0.29) is 18.3 Å². The minimum absolute atomic E-state index is 0.206. The van der Waals surface area contributed by atoms with Crippen LogP contribution in [0.15, 0.2) is 0 Å². The van der Waals surface area contributed by atoms with Gasteiger partial charge in [0, 0.05) is 13.0 Å². The van der Waals surface area contributed by atoms with Crippen molar-refractivity contribution in [3.05, 3.63) is 0 Å². The number of unbranched alkanes of at least 4 members (excludes halogenated alkanes) is 21. The molecule has 232 valence electrons. The molecule has 0 aliphatic rings. The summed E-state index contributed by atoms with van der Waals surface area (Å²) in [5.74, 6) is -1.23. The molecule has 0 radical (unpaired) electrons. The summed E-state index contributed by atoms with van der Waals surface area (Å²) in [6.45, 7) is 2.57. The predicted octanol–water partition coefficient (Wildman–Crippen LogP) is 10.3. The van der Waals surface area contributed by atoms with Crippen molar-refractivity contribution in [2.45, 2.75) is 187 Å². The van der Waals surface area contributed by atoms with Gasteiger partial charge in [0.15, 0.2) is 0 Å². The Kier molecular flexibility index (Phi) is 29.0. The van der Waals surface area contributed by atoms with E-state index in [0.717, 1.165) is 83.5 Å². The normalized spacial score (nSPS) is 13.0. The fourth-order valence-electron chi connectivity index (χ4n) is 5.93. The Balaban J connectivity index is 4.28. The number of aliphatic hydroxyl groups excluding tert-OH is 1. The molecule has 3 N–H and O–H groups in total. The molecule has 2 atom stereocenters. The molecule has 0 aromatic rings. The zero-order valence-electron chi connectivity index (χ0n) is 25.8. The number of hydrogen-bond acceptors (Lipinski definition) is 3. The third-order valence-corrected chi connectivity index (χ3v) is 8.45. The van der Waals surface area contributed by atoms with Gasteiger partial charge >= 0.3 is 11.9 Å². The van der Waals surface area contributed by atoms with E-state index in [0.29, 0.717) is 6.61 Å². The average molecular weight is 555 g/mol. The molecule has 0 spiro atoms. The Morgan fingerprint density at radius 3 is 1.23 bits per heavy atom. The lowest BCUT2D eigenvalue weighted by Crippen LogP contribution is -2.24. The van der Waals surface area contributed by atoms with Crippen molar-refractivity contribution in [3.8, 4) is 0 Å². The fourth-order valence-corrected chi connectivity index (χ4v) is 5.93. The summed E-state index contributed by atoms with van der Waals surface area (Å²) in [4.78, 5) is 23.0. The minimum atomic E-state index is -0.713. The van der Waals surface area contributed by atoms with E-state index in [1.165, 1.54) is 89.9 Å². The summed E-state index contributed by atoms with van der Waals surface area (Å²) in [6, 6.07) is 0. The van der Waals surface area contributed by atoms with E-state index >= 15 is 0 Å². The maximum Gasteiger partial charge on any atom is 0.306 e. The number of aliphatic carboxylic acids is 2. The highest BCUT2D eigenvalue weighted by Crippen LogP contribution is 2.30. The molecule has 0 saturated carbocycles. The molecule has 39 heavy (non-hydrogen) atoms. The molecule has 2 unspecified atom stereocenters. The van der Waals surface area contributed by atoms with Gasteiger partial charge in [0.25, 0.3) is 0 Å². The van der Waals surface area contributed by atoms with Crippen molar-refractivity contribution in [1.29, 1.82) is 0 Å². The Bertz CT molecular complexity index is 536. The van der Waals surface area contributed by atoms with Gasteiger partial charge in [-0.2, -0.15) is 0 Å². The smallest absolute Gasteiger partial charge is 0.306 e. The lowest BCUT2D eigenvalue weighted by Gasteiger charge is -2.24. The van der Waals surface area contributed by atoms with Crippen molar-refractivity contribution in [2.24, 2.45) is 11.8 Å². The Labute approximate surface area is 241 Å². The van der Waals surface area contributed by atoms with E-state index in [4.69, 9.17) is 10.2 Å². The molecule has 0 aromatic carbocycles. The number of carboxylic acids is 2. The number of hydrogen-bond donors (Lipinski definition) is 3. The molecule has 0 rings (SSSR count). The lowest BCUT2D eigenvalue weighted by atomic mass is 9.80. The molecule has 0 saturated heterocycles. The van der Waals surface area contributed by atoms with Crippen LogP contribution in [0.2, 0.25) is 0 Å². The quantitative estimate of drug-likeness (QED) is 0.0719.